The van der Waals surface area contributed by atoms with Crippen molar-refractivity contribution in [1.82, 2.24) is 20.5 Å². The van der Waals surface area contributed by atoms with E-state index in [1.807, 2.05) is 57.2 Å². The Morgan fingerprint density at radius 2 is 1.69 bits per heavy atom. The molecule has 2 N–H and O–H groups in total. The molecule has 6 nitrogen and oxygen atoms in total. The maximum Gasteiger partial charge on any atom is 0.407 e. The Balaban J connectivity index is 1.54. The van der Waals surface area contributed by atoms with Crippen molar-refractivity contribution >= 4 is 17.7 Å². The second-order valence-corrected chi connectivity index (χ2v) is 9.73. The second kappa shape index (κ2) is 9.33. The van der Waals surface area contributed by atoms with Crippen LogP contribution in [0.15, 0.2) is 48.8 Å². The monoisotopic (exact) mass is 452 g/mol. The minimum absolute atomic E-state index is 0.129. The summed E-state index contributed by atoms with van der Waals surface area (Å²) in [6, 6.07) is 11.9. The number of nitrogens with zero attached hydrogens (tertiary/aromatic N) is 2. The van der Waals surface area contributed by atoms with Crippen molar-refractivity contribution in [2.45, 2.75) is 64.0 Å². The molecule has 0 aliphatic heterocycles. The van der Waals surface area contributed by atoms with Crippen LogP contribution < -0.4 is 5.32 Å². The molecule has 1 saturated carbocycles. The molecule has 1 amide bonds. The van der Waals surface area contributed by atoms with Gasteiger partial charge in [-0.1, -0.05) is 23.7 Å². The highest BCUT2D eigenvalue weighted by Crippen LogP contribution is 2.41. The fraction of sp³-hybridized carbons (Fsp3) is 0.400. The first-order valence-electron chi connectivity index (χ1n) is 11.0. The van der Waals surface area contributed by atoms with Gasteiger partial charge >= 0.3 is 6.09 Å². The molecule has 0 radical (unpaired) electrons. The van der Waals surface area contributed by atoms with Crippen LogP contribution in [0.2, 0.25) is 5.02 Å². The van der Waals surface area contributed by atoms with Crippen molar-refractivity contribution in [2.75, 3.05) is 0 Å². The highest BCUT2D eigenvalue weighted by Gasteiger charge is 2.29. The molecule has 1 aliphatic carbocycles. The van der Waals surface area contributed by atoms with E-state index in [4.69, 9.17) is 21.4 Å². The fourth-order valence-corrected chi connectivity index (χ4v) is 4.40. The number of rotatable bonds is 4. The number of aromatic nitrogens is 3. The van der Waals surface area contributed by atoms with Gasteiger partial charge in [-0.2, -0.15) is 5.10 Å². The molecule has 168 valence electrons. The number of aromatic amines is 1. The van der Waals surface area contributed by atoms with Gasteiger partial charge in [-0.05, 0) is 76.3 Å². The van der Waals surface area contributed by atoms with Gasteiger partial charge in [-0.3, -0.25) is 10.1 Å². The first kappa shape index (κ1) is 22.3. The third-order valence-electron chi connectivity index (χ3n) is 5.74. The van der Waals surface area contributed by atoms with Crippen molar-refractivity contribution in [3.05, 3.63) is 59.5 Å². The summed E-state index contributed by atoms with van der Waals surface area (Å²) in [5.74, 6) is 0.336. The van der Waals surface area contributed by atoms with Crippen LogP contribution in [0, 0.1) is 0 Å². The van der Waals surface area contributed by atoms with Gasteiger partial charge in [0.2, 0.25) is 0 Å². The van der Waals surface area contributed by atoms with Gasteiger partial charge in [0.1, 0.15) is 11.3 Å². The summed E-state index contributed by atoms with van der Waals surface area (Å²) < 4.78 is 5.41. The molecule has 0 bridgehead atoms. The molecule has 0 unspecified atom stereocenters. The first-order chi connectivity index (χ1) is 15.3. The average Bonchev–Trinajstić information content (AvgIpc) is 3.19. The number of hydrogen-bond acceptors (Lipinski definition) is 4. The van der Waals surface area contributed by atoms with E-state index in [2.05, 4.69) is 15.4 Å². The summed E-state index contributed by atoms with van der Waals surface area (Å²) in [6.45, 7) is 5.63. The predicted molar refractivity (Wildman–Crippen MR) is 127 cm³/mol. The van der Waals surface area contributed by atoms with E-state index in [1.165, 1.54) is 0 Å². The molecule has 1 fully saturated rings. The van der Waals surface area contributed by atoms with E-state index in [-0.39, 0.29) is 12.1 Å². The Labute approximate surface area is 193 Å². The van der Waals surface area contributed by atoms with Crippen LogP contribution in [-0.2, 0) is 4.74 Å². The minimum atomic E-state index is -0.491. The van der Waals surface area contributed by atoms with Gasteiger partial charge in [-0.15, -0.1) is 0 Å². The van der Waals surface area contributed by atoms with E-state index in [0.717, 1.165) is 53.8 Å². The Kier molecular flexibility index (Phi) is 6.51. The zero-order valence-corrected chi connectivity index (χ0v) is 19.4. The summed E-state index contributed by atoms with van der Waals surface area (Å²) >= 11 is 6.09. The molecule has 32 heavy (non-hydrogen) atoms. The number of H-pyrrole nitrogens is 1. The van der Waals surface area contributed by atoms with Crippen molar-refractivity contribution < 1.29 is 9.53 Å². The third-order valence-corrected chi connectivity index (χ3v) is 5.99. The van der Waals surface area contributed by atoms with Crippen molar-refractivity contribution in [2.24, 2.45) is 0 Å². The van der Waals surface area contributed by atoms with Gasteiger partial charge in [0.25, 0.3) is 0 Å². The lowest BCUT2D eigenvalue weighted by molar-refractivity contribution is 0.0491. The lowest BCUT2D eigenvalue weighted by atomic mass is 9.81. The van der Waals surface area contributed by atoms with Crippen LogP contribution >= 0.6 is 11.6 Å². The lowest BCUT2D eigenvalue weighted by Crippen LogP contribution is -2.40. The van der Waals surface area contributed by atoms with E-state index >= 15 is 0 Å². The number of carbonyl (C=O) groups is 1. The van der Waals surface area contributed by atoms with E-state index in [9.17, 15) is 4.79 Å². The van der Waals surface area contributed by atoms with Crippen LogP contribution in [-0.4, -0.2) is 32.9 Å². The number of nitrogens with one attached hydrogen (secondary N) is 2. The molecule has 7 heteroatoms. The van der Waals surface area contributed by atoms with Gasteiger partial charge in [0, 0.05) is 46.2 Å². The van der Waals surface area contributed by atoms with Crippen LogP contribution in [0.4, 0.5) is 4.79 Å². The molecule has 1 aromatic carbocycles. The number of hydrogen-bond donors (Lipinski definition) is 2. The average molecular weight is 453 g/mol. The smallest absolute Gasteiger partial charge is 0.407 e. The van der Waals surface area contributed by atoms with Gasteiger partial charge in [-0.25, -0.2) is 4.79 Å². The normalized spacial score (nSPS) is 18.9. The summed E-state index contributed by atoms with van der Waals surface area (Å²) in [5, 5.41) is 11.7. The molecule has 4 rings (SSSR count). The summed E-state index contributed by atoms with van der Waals surface area (Å²) in [4.78, 5) is 16.3. The standard InChI is InChI=1S/C25H29ClN4O2/c1-25(2,3)32-24(31)28-20-10-6-18(7-11-20)23-21(16-12-14-27-15-13-16)22(29-30-23)17-4-8-19(26)9-5-17/h4-5,8-9,12-15,18,20H,6-7,10-11H2,1-3H3,(H,28,31)(H,29,30). The zero-order chi connectivity index (χ0) is 22.7. The SMILES string of the molecule is CC(C)(C)OC(=O)NC1CCC(c2[nH]nc(-c3ccc(Cl)cc3)c2-c2ccncc2)CC1. The number of alkyl carbamates (subject to hydrolysis) is 1. The predicted octanol–water partition coefficient (Wildman–Crippen LogP) is 6.34. The number of pyridine rings is 1. The zero-order valence-electron chi connectivity index (χ0n) is 18.7. The van der Waals surface area contributed by atoms with E-state index < -0.39 is 5.60 Å². The third kappa shape index (κ3) is 5.30. The first-order valence-corrected chi connectivity index (χ1v) is 11.4. The molecular weight excluding hydrogens is 424 g/mol. The summed E-state index contributed by atoms with van der Waals surface area (Å²) in [5.41, 5.74) is 4.77. The molecule has 0 spiro atoms. The van der Waals surface area contributed by atoms with Crippen LogP contribution in [0.3, 0.4) is 0 Å². The van der Waals surface area contributed by atoms with E-state index in [1.54, 1.807) is 12.4 Å². The van der Waals surface area contributed by atoms with Crippen molar-refractivity contribution in [3.63, 3.8) is 0 Å². The number of amides is 1. The summed E-state index contributed by atoms with van der Waals surface area (Å²) in [7, 11) is 0. The topological polar surface area (TPSA) is 79.9 Å². The maximum atomic E-state index is 12.1. The molecule has 0 atom stereocenters. The Morgan fingerprint density at radius 1 is 1.03 bits per heavy atom. The Morgan fingerprint density at radius 3 is 2.31 bits per heavy atom. The van der Waals surface area contributed by atoms with Gasteiger partial charge in [0.15, 0.2) is 0 Å². The Bertz CT molecular complexity index is 1050. The van der Waals surface area contributed by atoms with Crippen molar-refractivity contribution in [3.8, 4) is 22.4 Å². The van der Waals surface area contributed by atoms with Crippen LogP contribution in [0.25, 0.3) is 22.4 Å². The largest absolute Gasteiger partial charge is 0.444 e. The number of benzene rings is 1. The van der Waals surface area contributed by atoms with Gasteiger partial charge < -0.3 is 10.1 Å². The fourth-order valence-electron chi connectivity index (χ4n) is 4.28. The second-order valence-electron chi connectivity index (χ2n) is 9.30. The summed E-state index contributed by atoms with van der Waals surface area (Å²) in [6.07, 6.45) is 6.98. The number of halogens is 1. The van der Waals surface area contributed by atoms with E-state index in [0.29, 0.717) is 10.9 Å². The highest BCUT2D eigenvalue weighted by molar-refractivity contribution is 6.30. The Hall–Kier alpha value is -2.86. The number of carbonyl (C=O) groups excluding carboxylic acids is 1. The lowest BCUT2D eigenvalue weighted by Gasteiger charge is -2.30. The van der Waals surface area contributed by atoms with Crippen LogP contribution in [0.1, 0.15) is 58.1 Å². The molecular formula is C25H29ClN4O2. The molecule has 0 saturated heterocycles. The molecule has 2 aromatic heterocycles. The molecule has 3 aromatic rings. The van der Waals surface area contributed by atoms with Gasteiger partial charge in [0.05, 0.1) is 0 Å². The highest BCUT2D eigenvalue weighted by atomic mass is 35.5. The molecule has 2 heterocycles. The molecule has 1 aliphatic rings. The number of ether oxygens (including phenoxy) is 1. The maximum absolute atomic E-state index is 12.1. The van der Waals surface area contributed by atoms with Crippen LogP contribution in [0.5, 0.6) is 0 Å². The minimum Gasteiger partial charge on any atom is -0.444 e. The quantitative estimate of drug-likeness (QED) is 0.483. The van der Waals surface area contributed by atoms with Crippen molar-refractivity contribution in [1.29, 1.82) is 0 Å².